The summed E-state index contributed by atoms with van der Waals surface area (Å²) in [6.45, 7) is 16.1. The number of hydrogen-bond acceptors (Lipinski definition) is 13. The van der Waals surface area contributed by atoms with Gasteiger partial charge < -0.3 is 61.9 Å². The summed E-state index contributed by atoms with van der Waals surface area (Å²) in [6.07, 6.45) is 7.59. The summed E-state index contributed by atoms with van der Waals surface area (Å²) < 4.78 is 65.8. The number of hydrogen-bond donors (Lipinski definition) is 1. The number of aliphatic hydroxyl groups is 1. The average molecular weight is 749 g/mol. The Bertz CT molecular complexity index is 810. The van der Waals surface area contributed by atoms with E-state index in [1.54, 1.807) is 0 Å². The Morgan fingerprint density at radius 1 is 0.385 bits per heavy atom. The summed E-state index contributed by atoms with van der Waals surface area (Å²) in [5.41, 5.74) is 1.43. The van der Waals surface area contributed by atoms with Crippen molar-refractivity contribution >= 4 is 0 Å². The van der Waals surface area contributed by atoms with Crippen LogP contribution in [-0.4, -0.2) is 164 Å². The second-order valence-electron chi connectivity index (χ2n) is 11.9. The third kappa shape index (κ3) is 33.1. The SMILES string of the molecule is CCCCC(CCCC)c1ccc(OCCOCCOCCOCCOCCOCCOCCOCCOCCOCCOCCOCCO)cc1. The van der Waals surface area contributed by atoms with Crippen molar-refractivity contribution in [1.29, 1.82) is 0 Å². The van der Waals surface area contributed by atoms with Gasteiger partial charge in [-0.25, -0.2) is 0 Å². The van der Waals surface area contributed by atoms with Crippen LogP contribution in [0.15, 0.2) is 24.3 Å². The fourth-order valence-electron chi connectivity index (χ4n) is 4.80. The van der Waals surface area contributed by atoms with Gasteiger partial charge >= 0.3 is 0 Å². The summed E-state index contributed by atoms with van der Waals surface area (Å²) in [7, 11) is 0. The summed E-state index contributed by atoms with van der Waals surface area (Å²) in [6, 6.07) is 8.62. The van der Waals surface area contributed by atoms with Crippen LogP contribution in [0.5, 0.6) is 5.75 Å². The van der Waals surface area contributed by atoms with Crippen LogP contribution in [0.3, 0.4) is 0 Å². The summed E-state index contributed by atoms with van der Waals surface area (Å²) in [5.74, 6) is 1.54. The predicted octanol–water partition coefficient (Wildman–Crippen LogP) is 4.70. The zero-order valence-corrected chi connectivity index (χ0v) is 32.4. The number of unbranched alkanes of at least 4 members (excludes halogenated alkanes) is 2. The molecule has 1 aromatic rings. The second kappa shape index (κ2) is 40.7. The lowest BCUT2D eigenvalue weighted by atomic mass is 9.89. The molecular weight excluding hydrogens is 676 g/mol. The molecule has 306 valence electrons. The van der Waals surface area contributed by atoms with Crippen LogP contribution in [0, 0.1) is 0 Å². The van der Waals surface area contributed by atoms with Gasteiger partial charge in [0.15, 0.2) is 0 Å². The highest BCUT2D eigenvalue weighted by atomic mass is 16.6. The smallest absolute Gasteiger partial charge is 0.119 e. The minimum atomic E-state index is 0.0253. The Morgan fingerprint density at radius 2 is 0.654 bits per heavy atom. The highest BCUT2D eigenvalue weighted by Gasteiger charge is 2.11. The summed E-state index contributed by atoms with van der Waals surface area (Å²) in [4.78, 5) is 0. The van der Waals surface area contributed by atoms with Crippen LogP contribution in [-0.2, 0) is 52.1 Å². The molecule has 52 heavy (non-hydrogen) atoms. The Hall–Kier alpha value is -1.46. The van der Waals surface area contributed by atoms with E-state index in [0.29, 0.717) is 158 Å². The Morgan fingerprint density at radius 3 is 0.923 bits per heavy atom. The molecule has 1 rings (SSSR count). The number of ether oxygens (including phenoxy) is 12. The first-order chi connectivity index (χ1) is 25.8. The normalized spacial score (nSPS) is 11.6. The zero-order chi connectivity index (χ0) is 37.3. The molecule has 13 nitrogen and oxygen atoms in total. The molecule has 0 radical (unpaired) electrons. The fourth-order valence-corrected chi connectivity index (χ4v) is 4.80. The molecule has 0 aliphatic heterocycles. The molecule has 0 amide bonds. The van der Waals surface area contributed by atoms with Crippen molar-refractivity contribution in [2.24, 2.45) is 0 Å². The lowest BCUT2D eigenvalue weighted by Gasteiger charge is -2.17. The maximum atomic E-state index is 8.59. The predicted molar refractivity (Wildman–Crippen MR) is 200 cm³/mol. The molecular formula is C39H72O13. The molecule has 13 heteroatoms. The van der Waals surface area contributed by atoms with E-state index in [-0.39, 0.29) is 6.61 Å². The molecule has 0 saturated carbocycles. The minimum Gasteiger partial charge on any atom is -0.491 e. The first-order valence-electron chi connectivity index (χ1n) is 19.5. The van der Waals surface area contributed by atoms with E-state index in [4.69, 9.17) is 61.9 Å². The van der Waals surface area contributed by atoms with Crippen LogP contribution in [0.4, 0.5) is 0 Å². The second-order valence-corrected chi connectivity index (χ2v) is 11.9. The van der Waals surface area contributed by atoms with Crippen molar-refractivity contribution in [3.05, 3.63) is 29.8 Å². The van der Waals surface area contributed by atoms with Gasteiger partial charge in [0.25, 0.3) is 0 Å². The van der Waals surface area contributed by atoms with E-state index in [0.717, 1.165) is 5.75 Å². The van der Waals surface area contributed by atoms with E-state index >= 15 is 0 Å². The third-order valence-electron chi connectivity index (χ3n) is 7.62. The molecule has 0 unspecified atom stereocenters. The monoisotopic (exact) mass is 748 g/mol. The molecule has 0 aliphatic rings. The first-order valence-corrected chi connectivity index (χ1v) is 19.5. The largest absolute Gasteiger partial charge is 0.491 e. The topological polar surface area (TPSA) is 131 Å². The van der Waals surface area contributed by atoms with E-state index in [1.807, 2.05) is 0 Å². The Labute approximate surface area is 314 Å². The standard InChI is InChI=1S/C39H72O13/c1-3-5-7-37(8-6-4-2)38-9-11-39(12-10-38)52-36-35-51-34-33-50-32-31-49-30-29-48-28-27-47-26-25-46-24-23-45-22-21-44-20-19-43-18-17-42-16-15-41-14-13-40/h9-12,37,40H,3-8,13-36H2,1-2H3. The molecule has 1 aromatic carbocycles. The van der Waals surface area contributed by atoms with Crippen LogP contribution >= 0.6 is 0 Å². The van der Waals surface area contributed by atoms with Gasteiger partial charge in [0, 0.05) is 0 Å². The minimum absolute atomic E-state index is 0.0253. The molecule has 0 heterocycles. The van der Waals surface area contributed by atoms with Gasteiger partial charge in [-0.05, 0) is 36.5 Å². The third-order valence-corrected chi connectivity index (χ3v) is 7.62. The molecule has 0 saturated heterocycles. The maximum absolute atomic E-state index is 8.59. The zero-order valence-electron chi connectivity index (χ0n) is 32.4. The molecule has 0 spiro atoms. The van der Waals surface area contributed by atoms with E-state index in [2.05, 4.69) is 38.1 Å². The fraction of sp³-hybridized carbons (Fsp3) is 0.846. The van der Waals surface area contributed by atoms with E-state index in [9.17, 15) is 0 Å². The molecule has 0 aliphatic carbocycles. The van der Waals surface area contributed by atoms with Gasteiger partial charge in [-0.2, -0.15) is 0 Å². The van der Waals surface area contributed by atoms with Crippen molar-refractivity contribution in [2.45, 2.75) is 58.3 Å². The lowest BCUT2D eigenvalue weighted by molar-refractivity contribution is -0.0280. The van der Waals surface area contributed by atoms with Crippen molar-refractivity contribution in [3.8, 4) is 5.75 Å². The van der Waals surface area contributed by atoms with Crippen LogP contribution in [0.25, 0.3) is 0 Å². The number of benzene rings is 1. The summed E-state index contributed by atoms with van der Waals surface area (Å²) in [5, 5.41) is 8.59. The molecule has 0 fully saturated rings. The first kappa shape index (κ1) is 48.6. The molecule has 0 aromatic heterocycles. The summed E-state index contributed by atoms with van der Waals surface area (Å²) >= 11 is 0. The van der Waals surface area contributed by atoms with Crippen molar-refractivity contribution in [1.82, 2.24) is 0 Å². The van der Waals surface area contributed by atoms with Crippen molar-refractivity contribution in [3.63, 3.8) is 0 Å². The van der Waals surface area contributed by atoms with Gasteiger partial charge in [0.05, 0.1) is 152 Å². The van der Waals surface area contributed by atoms with E-state index in [1.165, 1.54) is 44.1 Å². The van der Waals surface area contributed by atoms with Crippen LogP contribution in [0.1, 0.15) is 63.9 Å². The lowest BCUT2D eigenvalue weighted by Crippen LogP contribution is -2.15. The van der Waals surface area contributed by atoms with Gasteiger partial charge in [-0.15, -0.1) is 0 Å². The molecule has 0 atom stereocenters. The number of aliphatic hydroxyl groups excluding tert-OH is 1. The van der Waals surface area contributed by atoms with Crippen molar-refractivity contribution < 1.29 is 61.9 Å². The number of rotatable bonds is 43. The molecule has 0 bridgehead atoms. The van der Waals surface area contributed by atoms with E-state index < -0.39 is 0 Å². The Kier molecular flexibility index (Phi) is 38.0. The average Bonchev–Trinajstić information content (AvgIpc) is 3.16. The van der Waals surface area contributed by atoms with Gasteiger partial charge in [0.1, 0.15) is 12.4 Å². The Balaban J connectivity index is 1.73. The van der Waals surface area contributed by atoms with Crippen LogP contribution < -0.4 is 4.74 Å². The van der Waals surface area contributed by atoms with Gasteiger partial charge in [0.2, 0.25) is 0 Å². The van der Waals surface area contributed by atoms with Crippen molar-refractivity contribution in [2.75, 3.05) is 159 Å². The quantitative estimate of drug-likeness (QED) is 0.0927. The van der Waals surface area contributed by atoms with Gasteiger partial charge in [-0.3, -0.25) is 0 Å². The van der Waals surface area contributed by atoms with Gasteiger partial charge in [-0.1, -0.05) is 51.7 Å². The van der Waals surface area contributed by atoms with Crippen LogP contribution in [0.2, 0.25) is 0 Å². The maximum Gasteiger partial charge on any atom is 0.119 e. The molecule has 1 N–H and O–H groups in total. The highest BCUT2D eigenvalue weighted by molar-refractivity contribution is 5.29. The highest BCUT2D eigenvalue weighted by Crippen LogP contribution is 2.29.